The van der Waals surface area contributed by atoms with Gasteiger partial charge in [0.05, 0.1) is 19.1 Å². The second kappa shape index (κ2) is 10.8. The van der Waals surface area contributed by atoms with Gasteiger partial charge in [-0.05, 0) is 54.4 Å². The summed E-state index contributed by atoms with van der Waals surface area (Å²) < 4.78 is 21.6. The van der Waals surface area contributed by atoms with E-state index in [1.54, 1.807) is 0 Å². The standard InChI is InChI=1S/C30H38ClFN2O2/c1-3-20(4-2)27-15-22(21-8-6-5-7-9-21)10-12-34(27)29(35)25-17-33-18-30(25)19-36-13-11-23-14-24(31)16-26(32)28(23)30/h5-9,14,16,20,22,25,27,33H,3-4,10-13,15,17-19H2,1-2H3/t22-,25+,27+,30+/m1/s1. The summed E-state index contributed by atoms with van der Waals surface area (Å²) in [6.45, 7) is 7.13. The van der Waals surface area contributed by atoms with Crippen molar-refractivity contribution in [2.45, 2.75) is 63.3 Å². The molecule has 0 saturated carbocycles. The van der Waals surface area contributed by atoms with E-state index in [0.29, 0.717) is 55.1 Å². The van der Waals surface area contributed by atoms with Gasteiger partial charge in [0, 0.05) is 41.7 Å². The van der Waals surface area contributed by atoms with Crippen LogP contribution in [-0.2, 0) is 21.4 Å². The fourth-order valence-corrected chi connectivity index (χ4v) is 7.39. The van der Waals surface area contributed by atoms with Crippen LogP contribution in [0.5, 0.6) is 0 Å². The SMILES string of the molecule is CCC(CC)[C@@H]1C[C@H](c2ccccc2)CCN1C(=O)[C@@H]1CNC[C@]12COCCc1cc(Cl)cc(F)c12. The molecular weight excluding hydrogens is 475 g/mol. The molecule has 0 aliphatic carbocycles. The summed E-state index contributed by atoms with van der Waals surface area (Å²) in [7, 11) is 0. The predicted molar refractivity (Wildman–Crippen MR) is 142 cm³/mol. The lowest BCUT2D eigenvalue weighted by Crippen LogP contribution is -2.55. The molecule has 6 heteroatoms. The van der Waals surface area contributed by atoms with Crippen LogP contribution in [0.15, 0.2) is 42.5 Å². The van der Waals surface area contributed by atoms with E-state index in [1.165, 1.54) is 11.6 Å². The number of amides is 1. The smallest absolute Gasteiger partial charge is 0.228 e. The number of nitrogens with one attached hydrogen (secondary N) is 1. The lowest BCUT2D eigenvalue weighted by molar-refractivity contribution is -0.143. The van der Waals surface area contributed by atoms with E-state index in [-0.39, 0.29) is 23.7 Å². The average molecular weight is 513 g/mol. The quantitative estimate of drug-likeness (QED) is 0.557. The molecule has 0 bridgehead atoms. The number of carbonyl (C=O) groups is 1. The molecule has 1 N–H and O–H groups in total. The maximum Gasteiger partial charge on any atom is 0.228 e. The number of nitrogens with zero attached hydrogens (tertiary/aromatic N) is 1. The van der Waals surface area contributed by atoms with Crippen molar-refractivity contribution in [1.29, 1.82) is 0 Å². The second-order valence-corrected chi connectivity index (χ2v) is 11.3. The van der Waals surface area contributed by atoms with Crippen LogP contribution in [0.2, 0.25) is 5.02 Å². The fraction of sp³-hybridized carbons (Fsp3) is 0.567. The highest BCUT2D eigenvalue weighted by atomic mass is 35.5. The largest absolute Gasteiger partial charge is 0.380 e. The molecule has 3 aliphatic heterocycles. The summed E-state index contributed by atoms with van der Waals surface area (Å²) in [6.07, 6.45) is 4.62. The zero-order chi connectivity index (χ0) is 25.3. The number of hydrogen-bond donors (Lipinski definition) is 1. The second-order valence-electron chi connectivity index (χ2n) is 10.9. The summed E-state index contributed by atoms with van der Waals surface area (Å²) in [5.74, 6) is 0.366. The van der Waals surface area contributed by atoms with Crippen molar-refractivity contribution < 1.29 is 13.9 Å². The van der Waals surface area contributed by atoms with Gasteiger partial charge in [-0.1, -0.05) is 68.6 Å². The van der Waals surface area contributed by atoms with Crippen LogP contribution in [0.1, 0.15) is 62.1 Å². The van der Waals surface area contributed by atoms with E-state index >= 15 is 4.39 Å². The molecule has 0 aromatic heterocycles. The Kier molecular flexibility index (Phi) is 7.71. The molecule has 2 saturated heterocycles. The van der Waals surface area contributed by atoms with E-state index < -0.39 is 5.41 Å². The highest BCUT2D eigenvalue weighted by molar-refractivity contribution is 6.30. The molecule has 0 unspecified atom stereocenters. The van der Waals surface area contributed by atoms with Crippen molar-refractivity contribution in [2.24, 2.45) is 11.8 Å². The summed E-state index contributed by atoms with van der Waals surface area (Å²) in [5.41, 5.74) is 2.15. The van der Waals surface area contributed by atoms with Crippen LogP contribution in [0, 0.1) is 17.7 Å². The van der Waals surface area contributed by atoms with E-state index in [4.69, 9.17) is 16.3 Å². The van der Waals surface area contributed by atoms with Crippen LogP contribution >= 0.6 is 11.6 Å². The number of carbonyl (C=O) groups excluding carboxylic acids is 1. The predicted octanol–water partition coefficient (Wildman–Crippen LogP) is 5.72. The molecule has 1 spiro atoms. The first-order chi connectivity index (χ1) is 17.5. The topological polar surface area (TPSA) is 41.6 Å². The van der Waals surface area contributed by atoms with Crippen LogP contribution in [0.3, 0.4) is 0 Å². The normalized spacial score (nSPS) is 28.4. The molecule has 36 heavy (non-hydrogen) atoms. The first kappa shape index (κ1) is 25.7. The molecule has 2 fully saturated rings. The van der Waals surface area contributed by atoms with Gasteiger partial charge in [-0.15, -0.1) is 0 Å². The van der Waals surface area contributed by atoms with Gasteiger partial charge in [-0.3, -0.25) is 4.79 Å². The van der Waals surface area contributed by atoms with Crippen molar-refractivity contribution in [3.63, 3.8) is 0 Å². The third-order valence-electron chi connectivity index (χ3n) is 9.06. The van der Waals surface area contributed by atoms with Crippen LogP contribution < -0.4 is 5.32 Å². The lowest BCUT2D eigenvalue weighted by atomic mass is 9.69. The monoisotopic (exact) mass is 512 g/mol. The minimum absolute atomic E-state index is 0.147. The van der Waals surface area contributed by atoms with Gasteiger partial charge < -0.3 is 15.0 Å². The number of benzene rings is 2. The Balaban J connectivity index is 1.49. The van der Waals surface area contributed by atoms with Crippen LogP contribution in [0.25, 0.3) is 0 Å². The van der Waals surface area contributed by atoms with Gasteiger partial charge in [-0.2, -0.15) is 0 Å². The number of likely N-dealkylation sites (tertiary alicyclic amines) is 1. The Morgan fingerprint density at radius 3 is 2.78 bits per heavy atom. The number of ether oxygens (including phenoxy) is 1. The third-order valence-corrected chi connectivity index (χ3v) is 9.27. The Hall–Kier alpha value is -1.95. The number of fused-ring (bicyclic) bond motifs is 2. The fourth-order valence-electron chi connectivity index (χ4n) is 7.17. The molecule has 0 radical (unpaired) electrons. The molecule has 194 valence electrons. The van der Waals surface area contributed by atoms with Gasteiger partial charge in [0.15, 0.2) is 0 Å². The Morgan fingerprint density at radius 2 is 2.03 bits per heavy atom. The van der Waals surface area contributed by atoms with Crippen molar-refractivity contribution >= 4 is 17.5 Å². The lowest BCUT2D eigenvalue weighted by Gasteiger charge is -2.46. The summed E-state index contributed by atoms with van der Waals surface area (Å²) in [6, 6.07) is 14.1. The highest BCUT2D eigenvalue weighted by Crippen LogP contribution is 2.45. The zero-order valence-corrected chi connectivity index (χ0v) is 22.2. The van der Waals surface area contributed by atoms with Gasteiger partial charge in [-0.25, -0.2) is 4.39 Å². The molecule has 4 nitrogen and oxygen atoms in total. The summed E-state index contributed by atoms with van der Waals surface area (Å²) in [4.78, 5) is 16.6. The third kappa shape index (κ3) is 4.59. The van der Waals surface area contributed by atoms with Crippen molar-refractivity contribution in [3.05, 3.63) is 70.0 Å². The van der Waals surface area contributed by atoms with Crippen molar-refractivity contribution in [3.8, 4) is 0 Å². The minimum Gasteiger partial charge on any atom is -0.380 e. The van der Waals surface area contributed by atoms with Crippen molar-refractivity contribution in [2.75, 3.05) is 32.8 Å². The first-order valence-electron chi connectivity index (χ1n) is 13.6. The van der Waals surface area contributed by atoms with E-state index in [1.807, 2.05) is 6.07 Å². The molecule has 5 rings (SSSR count). The molecular formula is C30H38ClFN2O2. The maximum absolute atomic E-state index is 15.5. The zero-order valence-electron chi connectivity index (χ0n) is 21.4. The van der Waals surface area contributed by atoms with E-state index in [9.17, 15) is 4.79 Å². The van der Waals surface area contributed by atoms with Gasteiger partial charge >= 0.3 is 0 Å². The highest BCUT2D eigenvalue weighted by Gasteiger charge is 2.53. The molecule has 3 heterocycles. The molecule has 2 aromatic carbocycles. The number of halogens is 2. The van der Waals surface area contributed by atoms with E-state index in [2.05, 4.69) is 54.4 Å². The average Bonchev–Trinajstić information content (AvgIpc) is 3.21. The maximum atomic E-state index is 15.5. The Labute approximate surface area is 219 Å². The molecule has 4 atom stereocenters. The Morgan fingerprint density at radius 1 is 1.25 bits per heavy atom. The number of rotatable bonds is 5. The van der Waals surface area contributed by atoms with E-state index in [0.717, 1.165) is 37.8 Å². The first-order valence-corrected chi connectivity index (χ1v) is 14.0. The summed E-state index contributed by atoms with van der Waals surface area (Å²) in [5, 5.41) is 3.84. The molecule has 1 amide bonds. The molecule has 3 aliphatic rings. The number of piperidine rings is 1. The Bertz CT molecular complexity index is 1080. The van der Waals surface area contributed by atoms with Gasteiger partial charge in [0.25, 0.3) is 0 Å². The molecule has 2 aromatic rings. The van der Waals surface area contributed by atoms with Gasteiger partial charge in [0.2, 0.25) is 5.91 Å². The minimum atomic E-state index is -0.716. The van der Waals surface area contributed by atoms with Crippen LogP contribution in [-0.4, -0.2) is 49.7 Å². The van der Waals surface area contributed by atoms with Crippen molar-refractivity contribution in [1.82, 2.24) is 10.2 Å². The summed E-state index contributed by atoms with van der Waals surface area (Å²) >= 11 is 6.23. The van der Waals surface area contributed by atoms with Crippen LogP contribution in [0.4, 0.5) is 4.39 Å². The number of hydrogen-bond acceptors (Lipinski definition) is 3. The van der Waals surface area contributed by atoms with Gasteiger partial charge in [0.1, 0.15) is 5.82 Å².